The second-order valence-corrected chi connectivity index (χ2v) is 15.6. The van der Waals surface area contributed by atoms with Gasteiger partial charge in [0.15, 0.2) is 0 Å². The Hall–Kier alpha value is -2.34. The molecule has 0 saturated carbocycles. The lowest BCUT2D eigenvalue weighted by atomic mass is 9.70. The molecule has 3 aromatic carbocycles. The van der Waals surface area contributed by atoms with Crippen molar-refractivity contribution in [3.8, 4) is 0 Å². The highest BCUT2D eigenvalue weighted by Crippen LogP contribution is 2.49. The minimum Gasteiger partial charge on any atom is -0.0598 e. The second kappa shape index (κ2) is 7.59. The first-order valence-corrected chi connectivity index (χ1v) is 13.9. The molecule has 0 fully saturated rings. The van der Waals surface area contributed by atoms with Gasteiger partial charge in [-0.2, -0.15) is 0 Å². The third-order valence-corrected chi connectivity index (χ3v) is 8.63. The van der Waals surface area contributed by atoms with Gasteiger partial charge in [-0.1, -0.05) is 119 Å². The average Bonchev–Trinajstić information content (AvgIpc) is 2.73. The fourth-order valence-corrected chi connectivity index (χ4v) is 6.02. The molecule has 0 aliphatic heterocycles. The molecule has 0 unspecified atom stereocenters. The molecule has 0 saturated heterocycles. The summed E-state index contributed by atoms with van der Waals surface area (Å²) in [4.78, 5) is 0. The van der Waals surface area contributed by atoms with Crippen LogP contribution in [0.25, 0.3) is 33.7 Å². The first-order valence-electron chi connectivity index (χ1n) is 13.9. The zero-order chi connectivity index (χ0) is 26.6. The minimum absolute atomic E-state index is 0.101. The van der Waals surface area contributed by atoms with E-state index < -0.39 is 0 Å². The Bertz CT molecular complexity index is 1470. The van der Waals surface area contributed by atoms with Crippen LogP contribution in [0.4, 0.5) is 0 Å². The van der Waals surface area contributed by atoms with Gasteiger partial charge in [0.1, 0.15) is 0 Å². The molecule has 2 aliphatic carbocycles. The molecule has 0 amide bonds. The van der Waals surface area contributed by atoms with Crippen LogP contribution in [0.2, 0.25) is 0 Å². The third kappa shape index (κ3) is 4.06. The monoisotopic (exact) mass is 478 g/mol. The van der Waals surface area contributed by atoms with Gasteiger partial charge in [-0.3, -0.25) is 0 Å². The van der Waals surface area contributed by atoms with E-state index in [0.717, 1.165) is 12.8 Å². The van der Waals surface area contributed by atoms with E-state index in [9.17, 15) is 0 Å². The largest absolute Gasteiger partial charge is 0.0598 e. The molecule has 0 aromatic heterocycles. The number of hydrogen-bond acceptors (Lipinski definition) is 0. The summed E-state index contributed by atoms with van der Waals surface area (Å²) < 4.78 is 0. The first-order chi connectivity index (χ1) is 16.4. The average molecular weight is 479 g/mol. The Kier molecular flexibility index (Phi) is 5.34. The summed E-state index contributed by atoms with van der Waals surface area (Å²) in [5.41, 5.74) is 12.5. The van der Waals surface area contributed by atoms with Gasteiger partial charge in [0.05, 0.1) is 0 Å². The van der Waals surface area contributed by atoms with E-state index in [1.54, 1.807) is 16.7 Å². The van der Waals surface area contributed by atoms with Gasteiger partial charge in [0.25, 0.3) is 0 Å². The number of benzene rings is 3. The maximum absolute atomic E-state index is 2.58. The highest BCUT2D eigenvalue weighted by Gasteiger charge is 2.32. The molecule has 0 radical (unpaired) electrons. The summed E-state index contributed by atoms with van der Waals surface area (Å²) in [6.45, 7) is 28.4. The molecular weight excluding hydrogens is 432 g/mol. The van der Waals surface area contributed by atoms with Crippen LogP contribution >= 0.6 is 0 Å². The van der Waals surface area contributed by atoms with E-state index in [1.165, 1.54) is 49.4 Å². The SMILES string of the molecule is CC(C)(C)C1=Cc2c3c4c(cc(C(C)(C)C)cc4c4cc(C(C)(C)C)cc(c24)C1)C=C(C(C)(C)C)C3. The smallest absolute Gasteiger partial charge is 0.00460 e. The predicted octanol–water partition coefficient (Wildman–Crippen LogP) is 10.6. The highest BCUT2D eigenvalue weighted by molar-refractivity contribution is 6.17. The summed E-state index contributed by atoms with van der Waals surface area (Å²) in [5, 5.41) is 5.90. The molecule has 0 spiro atoms. The quantitative estimate of drug-likeness (QED) is 0.282. The Balaban J connectivity index is 2.03. The number of allylic oxidation sites excluding steroid dienone is 2. The van der Waals surface area contributed by atoms with Gasteiger partial charge in [-0.15, -0.1) is 0 Å². The zero-order valence-corrected chi connectivity index (χ0v) is 24.9. The number of fused-ring (bicyclic) bond motifs is 2. The molecular formula is C36H46. The molecule has 3 aromatic rings. The van der Waals surface area contributed by atoms with Gasteiger partial charge in [0, 0.05) is 0 Å². The van der Waals surface area contributed by atoms with Gasteiger partial charge < -0.3 is 0 Å². The summed E-state index contributed by atoms with van der Waals surface area (Å²) >= 11 is 0. The summed E-state index contributed by atoms with van der Waals surface area (Å²) in [6, 6.07) is 10.1. The maximum Gasteiger partial charge on any atom is -0.00460 e. The molecule has 0 heteroatoms. The Labute approximate surface area is 219 Å². The highest BCUT2D eigenvalue weighted by atomic mass is 14.4. The topological polar surface area (TPSA) is 0 Å². The second-order valence-electron chi connectivity index (χ2n) is 15.6. The van der Waals surface area contributed by atoms with Crippen LogP contribution in [0, 0.1) is 10.8 Å². The van der Waals surface area contributed by atoms with E-state index in [1.807, 2.05) is 0 Å². The van der Waals surface area contributed by atoms with Crippen LogP contribution in [-0.2, 0) is 23.7 Å². The van der Waals surface area contributed by atoms with Gasteiger partial charge in [-0.05, 0) is 102 Å². The molecule has 2 aliphatic rings. The zero-order valence-electron chi connectivity index (χ0n) is 24.9. The van der Waals surface area contributed by atoms with Crippen molar-refractivity contribution in [1.29, 1.82) is 0 Å². The van der Waals surface area contributed by atoms with E-state index in [-0.39, 0.29) is 21.7 Å². The summed E-state index contributed by atoms with van der Waals surface area (Å²) in [6.07, 6.45) is 7.19. The lowest BCUT2D eigenvalue weighted by Gasteiger charge is -2.34. The first kappa shape index (κ1) is 25.3. The number of rotatable bonds is 0. The molecule has 36 heavy (non-hydrogen) atoms. The Morgan fingerprint density at radius 3 is 1.53 bits per heavy atom. The lowest BCUT2D eigenvalue weighted by molar-refractivity contribution is 0.493. The fraction of sp³-hybridized carbons (Fsp3) is 0.500. The van der Waals surface area contributed by atoms with E-state index >= 15 is 0 Å². The normalized spacial score (nSPS) is 16.4. The van der Waals surface area contributed by atoms with Crippen molar-refractivity contribution in [3.63, 3.8) is 0 Å². The molecule has 5 rings (SSSR count). The van der Waals surface area contributed by atoms with Crippen LogP contribution in [-0.4, -0.2) is 0 Å². The van der Waals surface area contributed by atoms with Crippen molar-refractivity contribution in [1.82, 2.24) is 0 Å². The van der Waals surface area contributed by atoms with Crippen LogP contribution < -0.4 is 0 Å². The van der Waals surface area contributed by atoms with Crippen molar-refractivity contribution in [2.45, 2.75) is 107 Å². The van der Waals surface area contributed by atoms with Crippen molar-refractivity contribution in [2.24, 2.45) is 10.8 Å². The molecule has 0 bridgehead atoms. The standard InChI is InChI=1S/C36H46/c1-33(2,3)23-13-21-14-24(34(4,5)6)19-29-30-20-26(36(10,11)12)16-22-15-25(35(7,8)9)18-28(32(22)30)27(17-23)31(21)29/h13-15,17-18,20H,16,19H2,1-12H3. The molecule has 0 atom stereocenters. The van der Waals surface area contributed by atoms with Crippen LogP contribution in [0.15, 0.2) is 35.4 Å². The Morgan fingerprint density at radius 2 is 1.00 bits per heavy atom. The van der Waals surface area contributed by atoms with Crippen molar-refractivity contribution < 1.29 is 0 Å². The van der Waals surface area contributed by atoms with Crippen molar-refractivity contribution in [2.75, 3.05) is 0 Å². The summed E-state index contributed by atoms with van der Waals surface area (Å²) in [7, 11) is 0. The van der Waals surface area contributed by atoms with E-state index in [4.69, 9.17) is 0 Å². The van der Waals surface area contributed by atoms with Gasteiger partial charge in [-0.25, -0.2) is 0 Å². The minimum atomic E-state index is 0.101. The lowest BCUT2D eigenvalue weighted by Crippen LogP contribution is -2.20. The van der Waals surface area contributed by atoms with E-state index in [0.29, 0.717) is 0 Å². The molecule has 0 N–H and O–H groups in total. The molecule has 0 nitrogen and oxygen atoms in total. The van der Waals surface area contributed by atoms with Gasteiger partial charge in [0.2, 0.25) is 0 Å². The molecule has 0 heterocycles. The van der Waals surface area contributed by atoms with Crippen LogP contribution in [0.3, 0.4) is 0 Å². The Morgan fingerprint density at radius 1 is 0.500 bits per heavy atom. The number of hydrogen-bond donors (Lipinski definition) is 0. The third-order valence-electron chi connectivity index (χ3n) is 8.63. The van der Waals surface area contributed by atoms with Crippen LogP contribution in [0.5, 0.6) is 0 Å². The van der Waals surface area contributed by atoms with Crippen molar-refractivity contribution >= 4 is 33.7 Å². The maximum atomic E-state index is 2.58. The van der Waals surface area contributed by atoms with E-state index in [2.05, 4.69) is 120 Å². The van der Waals surface area contributed by atoms with Crippen molar-refractivity contribution in [3.05, 3.63) is 68.8 Å². The molecule has 190 valence electrons. The fourth-order valence-electron chi connectivity index (χ4n) is 6.02. The summed E-state index contributed by atoms with van der Waals surface area (Å²) in [5.74, 6) is 0. The predicted molar refractivity (Wildman–Crippen MR) is 161 cm³/mol. The van der Waals surface area contributed by atoms with Crippen LogP contribution in [0.1, 0.15) is 116 Å². The van der Waals surface area contributed by atoms with Gasteiger partial charge >= 0.3 is 0 Å².